The topological polar surface area (TPSA) is 94.2 Å². The zero-order chi connectivity index (χ0) is 18.8. The number of hydrogen-bond donors (Lipinski definition) is 2. The molecule has 1 aromatic carbocycles. The van der Waals surface area contributed by atoms with E-state index in [1.165, 1.54) is 22.1 Å². The molecule has 26 heavy (non-hydrogen) atoms. The van der Waals surface area contributed by atoms with E-state index < -0.39 is 5.56 Å². The Labute approximate surface area is 158 Å². The van der Waals surface area contributed by atoms with Crippen LogP contribution in [0.1, 0.15) is 21.6 Å². The van der Waals surface area contributed by atoms with Crippen LogP contribution in [-0.4, -0.2) is 20.9 Å². The number of aromatic hydroxyl groups is 1. The first kappa shape index (κ1) is 17.8. The Morgan fingerprint density at radius 2 is 2.04 bits per heavy atom. The van der Waals surface area contributed by atoms with Crippen molar-refractivity contribution in [2.45, 2.75) is 13.8 Å². The van der Waals surface area contributed by atoms with Crippen molar-refractivity contribution in [2.75, 3.05) is 0 Å². The summed E-state index contributed by atoms with van der Waals surface area (Å²) < 4.78 is 1.44. The highest BCUT2D eigenvalue weighted by atomic mass is 32.1. The maximum atomic E-state index is 12.2. The lowest BCUT2D eigenvalue weighted by molar-refractivity contribution is 0.432. The Hall–Kier alpha value is -3.02. The number of nitriles is 1. The van der Waals surface area contributed by atoms with Crippen LogP contribution in [-0.2, 0) is 0 Å². The van der Waals surface area contributed by atoms with E-state index in [1.54, 1.807) is 24.3 Å². The predicted molar refractivity (Wildman–Crippen MR) is 105 cm³/mol. The molecule has 0 saturated carbocycles. The van der Waals surface area contributed by atoms with Gasteiger partial charge >= 0.3 is 0 Å². The van der Waals surface area contributed by atoms with Gasteiger partial charge in [0.05, 0.1) is 11.3 Å². The van der Waals surface area contributed by atoms with Crippen LogP contribution < -0.4 is 5.56 Å². The van der Waals surface area contributed by atoms with E-state index in [2.05, 4.69) is 16.0 Å². The molecule has 2 aromatic heterocycles. The van der Waals surface area contributed by atoms with Gasteiger partial charge in [-0.25, -0.2) is 4.99 Å². The van der Waals surface area contributed by atoms with Gasteiger partial charge < -0.3 is 5.11 Å². The minimum Gasteiger partial charge on any atom is -0.494 e. The molecule has 0 aliphatic heterocycles. The van der Waals surface area contributed by atoms with E-state index in [9.17, 15) is 15.2 Å². The number of aryl methyl sites for hydroxylation is 1. The van der Waals surface area contributed by atoms with Crippen LogP contribution in [0, 0.1) is 29.9 Å². The third-order valence-corrected chi connectivity index (χ3v) is 5.32. The van der Waals surface area contributed by atoms with Gasteiger partial charge in [0, 0.05) is 11.1 Å². The van der Waals surface area contributed by atoms with Crippen molar-refractivity contribution < 1.29 is 5.11 Å². The molecule has 3 rings (SSSR count). The summed E-state index contributed by atoms with van der Waals surface area (Å²) in [5.41, 5.74) is 1.36. The van der Waals surface area contributed by atoms with E-state index in [0.717, 1.165) is 10.4 Å². The van der Waals surface area contributed by atoms with E-state index in [0.29, 0.717) is 16.3 Å². The molecule has 130 valence electrons. The number of aromatic nitrogens is 2. The highest BCUT2D eigenvalue weighted by Gasteiger charge is 2.14. The molecule has 0 fully saturated rings. The molecule has 3 aromatic rings. The molecule has 0 bridgehead atoms. The molecule has 0 saturated heterocycles. The van der Waals surface area contributed by atoms with Crippen LogP contribution >= 0.6 is 23.6 Å². The van der Waals surface area contributed by atoms with E-state index in [-0.39, 0.29) is 16.2 Å². The molecular formula is C18H14N4O2S2. The zero-order valence-corrected chi connectivity index (χ0v) is 15.6. The molecular weight excluding hydrogens is 368 g/mol. The Morgan fingerprint density at radius 3 is 2.69 bits per heavy atom. The van der Waals surface area contributed by atoms with Crippen LogP contribution in [0.15, 0.2) is 40.1 Å². The largest absolute Gasteiger partial charge is 0.494 e. The first-order chi connectivity index (χ1) is 12.4. The summed E-state index contributed by atoms with van der Waals surface area (Å²) in [5.74, 6) is -0.308. The number of hydrogen-bond acceptors (Lipinski definition) is 6. The zero-order valence-electron chi connectivity index (χ0n) is 14.0. The average Bonchev–Trinajstić information content (AvgIpc) is 2.89. The summed E-state index contributed by atoms with van der Waals surface area (Å²) in [6, 6.07) is 11.1. The van der Waals surface area contributed by atoms with Crippen molar-refractivity contribution in [3.05, 3.63) is 67.0 Å². The van der Waals surface area contributed by atoms with Gasteiger partial charge in [-0.05, 0) is 43.8 Å². The van der Waals surface area contributed by atoms with Crippen molar-refractivity contribution in [3.63, 3.8) is 0 Å². The molecule has 0 spiro atoms. The van der Waals surface area contributed by atoms with E-state index in [1.807, 2.05) is 19.9 Å². The molecule has 0 atom stereocenters. The average molecular weight is 382 g/mol. The molecule has 0 amide bonds. The lowest BCUT2D eigenvalue weighted by Gasteiger charge is -2.10. The SMILES string of the molecule is Cc1sc(/N=C/c2c(O)n(-c3ccccc3)c(=S)[nH]c2=O)c(C#N)c1C. The van der Waals surface area contributed by atoms with Crippen LogP contribution in [0.4, 0.5) is 5.00 Å². The number of benzene rings is 1. The second kappa shape index (κ2) is 7.07. The van der Waals surface area contributed by atoms with Crippen LogP contribution in [0.25, 0.3) is 5.69 Å². The Morgan fingerprint density at radius 1 is 1.35 bits per heavy atom. The van der Waals surface area contributed by atoms with Crippen molar-refractivity contribution >= 4 is 34.8 Å². The third-order valence-electron chi connectivity index (χ3n) is 3.92. The Balaban J connectivity index is 2.16. The number of nitrogens with one attached hydrogen (secondary N) is 1. The van der Waals surface area contributed by atoms with E-state index >= 15 is 0 Å². The molecule has 0 radical (unpaired) electrons. The molecule has 8 heteroatoms. The lowest BCUT2D eigenvalue weighted by Crippen LogP contribution is -2.17. The lowest BCUT2D eigenvalue weighted by atomic mass is 10.2. The fourth-order valence-electron chi connectivity index (χ4n) is 2.43. The molecule has 6 nitrogen and oxygen atoms in total. The van der Waals surface area contributed by atoms with Gasteiger partial charge in [0.25, 0.3) is 5.56 Å². The maximum absolute atomic E-state index is 12.2. The standard InChI is InChI=1S/C18H14N4O2S2/c1-10-11(2)26-16(13(10)8-19)20-9-14-15(23)21-18(25)22(17(14)24)12-6-4-3-5-7-12/h3-7,9,24H,1-2H3,(H,21,23,25)/b20-9+. The van der Waals surface area contributed by atoms with Gasteiger partial charge in [0.15, 0.2) is 4.77 Å². The fourth-order valence-corrected chi connectivity index (χ4v) is 3.66. The first-order valence-electron chi connectivity index (χ1n) is 7.62. The van der Waals surface area contributed by atoms with Gasteiger partial charge in [-0.3, -0.25) is 14.3 Å². The normalized spacial score (nSPS) is 11.0. The number of para-hydroxylation sites is 1. The minimum atomic E-state index is -0.549. The number of nitrogens with zero attached hydrogens (tertiary/aromatic N) is 3. The second-order valence-electron chi connectivity index (χ2n) is 5.50. The second-order valence-corrected chi connectivity index (χ2v) is 7.09. The molecule has 0 unspecified atom stereocenters. The van der Waals surface area contributed by atoms with Crippen LogP contribution in [0.5, 0.6) is 5.88 Å². The summed E-state index contributed by atoms with van der Waals surface area (Å²) in [6.07, 6.45) is 1.26. The number of aromatic amines is 1. The number of rotatable bonds is 3. The summed E-state index contributed by atoms with van der Waals surface area (Å²) in [4.78, 5) is 20.0. The van der Waals surface area contributed by atoms with Crippen molar-refractivity contribution in [2.24, 2.45) is 4.99 Å². The molecule has 2 heterocycles. The summed E-state index contributed by atoms with van der Waals surface area (Å²) in [6.45, 7) is 3.75. The van der Waals surface area contributed by atoms with Gasteiger partial charge in [-0.2, -0.15) is 5.26 Å². The third kappa shape index (κ3) is 3.10. The minimum absolute atomic E-state index is 0.0324. The fraction of sp³-hybridized carbons (Fsp3) is 0.111. The van der Waals surface area contributed by atoms with Crippen molar-refractivity contribution in [1.82, 2.24) is 9.55 Å². The first-order valence-corrected chi connectivity index (χ1v) is 8.84. The molecule has 0 aliphatic rings. The van der Waals surface area contributed by atoms with Crippen LogP contribution in [0.2, 0.25) is 0 Å². The highest BCUT2D eigenvalue weighted by Crippen LogP contribution is 2.34. The summed E-state index contributed by atoms with van der Waals surface area (Å²) >= 11 is 6.53. The number of thiophene rings is 1. The van der Waals surface area contributed by atoms with Gasteiger partial charge in [-0.1, -0.05) is 18.2 Å². The summed E-state index contributed by atoms with van der Waals surface area (Å²) in [7, 11) is 0. The Bertz CT molecular complexity index is 1160. The van der Waals surface area contributed by atoms with Gasteiger partial charge in [0.2, 0.25) is 5.88 Å². The molecule has 0 aliphatic carbocycles. The smallest absolute Gasteiger partial charge is 0.264 e. The predicted octanol–water partition coefficient (Wildman–Crippen LogP) is 3.90. The number of H-pyrrole nitrogens is 1. The highest BCUT2D eigenvalue weighted by molar-refractivity contribution is 7.71. The van der Waals surface area contributed by atoms with Gasteiger partial charge in [-0.15, -0.1) is 11.3 Å². The van der Waals surface area contributed by atoms with Crippen molar-refractivity contribution in [1.29, 1.82) is 5.26 Å². The van der Waals surface area contributed by atoms with Crippen molar-refractivity contribution in [3.8, 4) is 17.6 Å². The van der Waals surface area contributed by atoms with E-state index in [4.69, 9.17) is 12.2 Å². The van der Waals surface area contributed by atoms with Crippen LogP contribution in [0.3, 0.4) is 0 Å². The monoisotopic (exact) mass is 382 g/mol. The maximum Gasteiger partial charge on any atom is 0.264 e. The Kier molecular flexibility index (Phi) is 4.84. The quantitative estimate of drug-likeness (QED) is 0.530. The number of aliphatic imine (C=N–C) groups is 1. The molecule has 2 N–H and O–H groups in total. The summed E-state index contributed by atoms with van der Waals surface area (Å²) in [5, 5.41) is 20.4. The van der Waals surface area contributed by atoms with Gasteiger partial charge in [0.1, 0.15) is 16.6 Å².